The number of hydrogen-bond acceptors (Lipinski definition) is 4. The molecule has 1 N–H and O–H groups in total. The monoisotopic (exact) mass is 271 g/mol. The quantitative estimate of drug-likeness (QED) is 0.686. The Morgan fingerprint density at radius 1 is 1.21 bits per heavy atom. The normalized spacial score (nSPS) is 25.4. The summed E-state index contributed by atoms with van der Waals surface area (Å²) in [6.07, 6.45) is 3.26. The van der Waals surface area contributed by atoms with E-state index in [1.54, 1.807) is 0 Å². The van der Waals surface area contributed by atoms with Crippen LogP contribution < -0.4 is 5.32 Å². The fourth-order valence-corrected chi connectivity index (χ4v) is 2.90. The lowest BCUT2D eigenvalue weighted by Gasteiger charge is -2.32. The zero-order valence-electron chi connectivity index (χ0n) is 13.5. The van der Waals surface area contributed by atoms with E-state index in [0.29, 0.717) is 18.2 Å². The fraction of sp³-hybridized carbons (Fsp3) is 1.00. The second-order valence-electron chi connectivity index (χ2n) is 5.96. The van der Waals surface area contributed by atoms with Crippen molar-refractivity contribution in [3.63, 3.8) is 0 Å². The van der Waals surface area contributed by atoms with Crippen LogP contribution in [0.2, 0.25) is 0 Å². The lowest BCUT2D eigenvalue weighted by atomic mass is 10.1. The summed E-state index contributed by atoms with van der Waals surface area (Å²) >= 11 is 0. The molecule has 0 aromatic heterocycles. The Labute approximate surface area is 119 Å². The second kappa shape index (κ2) is 8.90. The SMILES string of the molecule is CCNCC1CCC(CN(CC)C(C)CN(C)C)O1. The third kappa shape index (κ3) is 6.21. The molecule has 1 heterocycles. The van der Waals surface area contributed by atoms with E-state index in [0.717, 1.165) is 32.7 Å². The Hall–Kier alpha value is -0.160. The maximum Gasteiger partial charge on any atom is 0.0707 e. The topological polar surface area (TPSA) is 27.7 Å². The molecule has 4 nitrogen and oxygen atoms in total. The standard InChI is InChI=1S/C15H33N3O/c1-6-16-10-14-8-9-15(19-14)12-18(7-2)13(3)11-17(4)5/h13-16H,6-12H2,1-5H3. The van der Waals surface area contributed by atoms with E-state index in [9.17, 15) is 0 Å². The van der Waals surface area contributed by atoms with Crippen molar-refractivity contribution in [2.45, 2.75) is 51.9 Å². The van der Waals surface area contributed by atoms with Gasteiger partial charge >= 0.3 is 0 Å². The van der Waals surface area contributed by atoms with Crippen molar-refractivity contribution in [2.24, 2.45) is 0 Å². The van der Waals surface area contributed by atoms with Crippen LogP contribution >= 0.6 is 0 Å². The molecular weight excluding hydrogens is 238 g/mol. The van der Waals surface area contributed by atoms with Gasteiger partial charge < -0.3 is 15.0 Å². The first-order valence-electron chi connectivity index (χ1n) is 7.81. The van der Waals surface area contributed by atoms with Crippen LogP contribution in [0.4, 0.5) is 0 Å². The predicted octanol–water partition coefficient (Wildman–Crippen LogP) is 1.42. The first-order valence-corrected chi connectivity index (χ1v) is 7.81. The van der Waals surface area contributed by atoms with E-state index in [4.69, 9.17) is 4.74 Å². The summed E-state index contributed by atoms with van der Waals surface area (Å²) in [5.74, 6) is 0. The summed E-state index contributed by atoms with van der Waals surface area (Å²) in [6, 6.07) is 0.594. The van der Waals surface area contributed by atoms with E-state index in [2.05, 4.69) is 50.0 Å². The summed E-state index contributed by atoms with van der Waals surface area (Å²) in [6.45, 7) is 12.0. The molecule has 0 bridgehead atoms. The molecule has 0 aliphatic carbocycles. The van der Waals surface area contributed by atoms with Crippen LogP contribution in [0.3, 0.4) is 0 Å². The summed E-state index contributed by atoms with van der Waals surface area (Å²) in [5.41, 5.74) is 0. The van der Waals surface area contributed by atoms with Crippen LogP contribution in [0.5, 0.6) is 0 Å². The highest BCUT2D eigenvalue weighted by atomic mass is 16.5. The van der Waals surface area contributed by atoms with Crippen molar-refractivity contribution in [2.75, 3.05) is 46.8 Å². The zero-order chi connectivity index (χ0) is 14.3. The van der Waals surface area contributed by atoms with Crippen molar-refractivity contribution in [3.05, 3.63) is 0 Å². The van der Waals surface area contributed by atoms with Crippen LogP contribution in [-0.4, -0.2) is 74.9 Å². The van der Waals surface area contributed by atoms with Gasteiger partial charge in [-0.1, -0.05) is 13.8 Å². The van der Waals surface area contributed by atoms with E-state index >= 15 is 0 Å². The molecule has 0 spiro atoms. The summed E-state index contributed by atoms with van der Waals surface area (Å²) < 4.78 is 6.13. The minimum Gasteiger partial charge on any atom is -0.372 e. The number of nitrogens with one attached hydrogen (secondary N) is 1. The van der Waals surface area contributed by atoms with Crippen LogP contribution in [-0.2, 0) is 4.74 Å². The molecule has 1 saturated heterocycles. The highest BCUT2D eigenvalue weighted by Gasteiger charge is 2.27. The Kier molecular flexibility index (Phi) is 7.91. The van der Waals surface area contributed by atoms with Crippen LogP contribution in [0.15, 0.2) is 0 Å². The average Bonchev–Trinajstić information content (AvgIpc) is 2.80. The Balaban J connectivity index is 2.32. The molecule has 0 aromatic carbocycles. The zero-order valence-corrected chi connectivity index (χ0v) is 13.5. The molecule has 114 valence electrons. The highest BCUT2D eigenvalue weighted by Crippen LogP contribution is 2.20. The largest absolute Gasteiger partial charge is 0.372 e. The number of ether oxygens (including phenoxy) is 1. The summed E-state index contributed by atoms with van der Waals surface area (Å²) in [5, 5.41) is 3.38. The van der Waals surface area contributed by atoms with E-state index in [1.165, 1.54) is 12.8 Å². The average molecular weight is 271 g/mol. The van der Waals surface area contributed by atoms with Gasteiger partial charge in [-0.15, -0.1) is 0 Å². The minimum atomic E-state index is 0.424. The van der Waals surface area contributed by atoms with Crippen molar-refractivity contribution in [1.29, 1.82) is 0 Å². The minimum absolute atomic E-state index is 0.424. The van der Waals surface area contributed by atoms with Gasteiger partial charge in [0.1, 0.15) is 0 Å². The molecule has 19 heavy (non-hydrogen) atoms. The smallest absolute Gasteiger partial charge is 0.0707 e. The van der Waals surface area contributed by atoms with Crippen molar-refractivity contribution < 1.29 is 4.74 Å². The van der Waals surface area contributed by atoms with Crippen molar-refractivity contribution in [1.82, 2.24) is 15.1 Å². The predicted molar refractivity (Wildman–Crippen MR) is 81.7 cm³/mol. The van der Waals surface area contributed by atoms with Crippen molar-refractivity contribution >= 4 is 0 Å². The third-order valence-corrected chi connectivity index (χ3v) is 3.91. The fourth-order valence-electron chi connectivity index (χ4n) is 2.90. The van der Waals surface area contributed by atoms with Crippen LogP contribution in [0.1, 0.15) is 33.6 Å². The van der Waals surface area contributed by atoms with E-state index in [1.807, 2.05) is 0 Å². The van der Waals surface area contributed by atoms with Gasteiger partial charge in [0, 0.05) is 25.7 Å². The molecule has 4 heteroatoms. The van der Waals surface area contributed by atoms with Crippen molar-refractivity contribution in [3.8, 4) is 0 Å². The molecule has 1 aliphatic rings. The maximum atomic E-state index is 6.13. The van der Waals surface area contributed by atoms with E-state index < -0.39 is 0 Å². The molecule has 0 radical (unpaired) electrons. The first kappa shape index (κ1) is 16.9. The van der Waals surface area contributed by atoms with Crippen LogP contribution in [0, 0.1) is 0 Å². The number of likely N-dealkylation sites (N-methyl/N-ethyl adjacent to an activating group) is 3. The van der Waals surface area contributed by atoms with Gasteiger partial charge in [0.05, 0.1) is 12.2 Å². The lowest BCUT2D eigenvalue weighted by molar-refractivity contribution is 0.0150. The Morgan fingerprint density at radius 3 is 2.47 bits per heavy atom. The summed E-state index contributed by atoms with van der Waals surface area (Å²) in [7, 11) is 4.28. The molecule has 0 aromatic rings. The Morgan fingerprint density at radius 2 is 1.89 bits per heavy atom. The van der Waals surface area contributed by atoms with Gasteiger partial charge in [-0.2, -0.15) is 0 Å². The van der Waals surface area contributed by atoms with E-state index in [-0.39, 0.29) is 0 Å². The van der Waals surface area contributed by atoms with Gasteiger partial charge in [0.15, 0.2) is 0 Å². The highest BCUT2D eigenvalue weighted by molar-refractivity contribution is 4.80. The lowest BCUT2D eigenvalue weighted by Crippen LogP contribution is -2.44. The van der Waals surface area contributed by atoms with Gasteiger partial charge in [0.2, 0.25) is 0 Å². The first-order chi connectivity index (χ1) is 9.06. The van der Waals surface area contributed by atoms with Crippen LogP contribution in [0.25, 0.3) is 0 Å². The molecule has 3 atom stereocenters. The maximum absolute atomic E-state index is 6.13. The molecule has 1 fully saturated rings. The van der Waals surface area contributed by atoms with Gasteiger partial charge in [-0.3, -0.25) is 4.90 Å². The molecule has 0 amide bonds. The molecular formula is C15H33N3O. The third-order valence-electron chi connectivity index (χ3n) is 3.91. The van der Waals surface area contributed by atoms with Gasteiger partial charge in [-0.05, 0) is 47.0 Å². The Bertz CT molecular complexity index is 235. The van der Waals surface area contributed by atoms with Gasteiger partial charge in [0.25, 0.3) is 0 Å². The molecule has 0 saturated carbocycles. The number of nitrogens with zero attached hydrogens (tertiary/aromatic N) is 2. The summed E-state index contributed by atoms with van der Waals surface area (Å²) in [4.78, 5) is 4.80. The number of rotatable bonds is 9. The van der Waals surface area contributed by atoms with Gasteiger partial charge in [-0.25, -0.2) is 0 Å². The molecule has 1 rings (SSSR count). The molecule has 1 aliphatic heterocycles. The molecule has 3 unspecified atom stereocenters. The number of hydrogen-bond donors (Lipinski definition) is 1. The second-order valence-corrected chi connectivity index (χ2v) is 5.96.